The van der Waals surface area contributed by atoms with Crippen molar-refractivity contribution in [3.05, 3.63) is 18.7 Å². The Morgan fingerprint density at radius 2 is 2.53 bits per heavy atom. The molecule has 2 heterocycles. The van der Waals surface area contributed by atoms with Gasteiger partial charge in [-0.3, -0.25) is 4.79 Å². The summed E-state index contributed by atoms with van der Waals surface area (Å²) < 4.78 is 1.85. The van der Waals surface area contributed by atoms with Crippen LogP contribution in [0.1, 0.15) is 12.8 Å². The predicted molar refractivity (Wildman–Crippen MR) is 62.3 cm³/mol. The third-order valence-corrected chi connectivity index (χ3v) is 2.99. The summed E-state index contributed by atoms with van der Waals surface area (Å²) in [6.45, 7) is 2.29. The number of amides is 1. The zero-order valence-corrected chi connectivity index (χ0v) is 9.72. The van der Waals surface area contributed by atoms with Crippen molar-refractivity contribution in [1.29, 1.82) is 0 Å². The van der Waals surface area contributed by atoms with Crippen molar-refractivity contribution >= 4 is 5.91 Å². The first kappa shape index (κ1) is 12.1. The molecule has 1 aliphatic rings. The summed E-state index contributed by atoms with van der Waals surface area (Å²) in [4.78, 5) is 15.5. The van der Waals surface area contributed by atoms with Crippen LogP contribution < -0.4 is 10.6 Å². The molecule has 0 radical (unpaired) electrons. The van der Waals surface area contributed by atoms with E-state index in [4.69, 9.17) is 0 Å². The summed E-state index contributed by atoms with van der Waals surface area (Å²) in [5.41, 5.74) is -0.773. The van der Waals surface area contributed by atoms with Crippen molar-refractivity contribution in [3.8, 4) is 0 Å². The van der Waals surface area contributed by atoms with Crippen LogP contribution >= 0.6 is 0 Å². The normalized spacial score (nSPS) is 23.8. The number of aromatic nitrogens is 2. The molecule has 0 aromatic carbocycles. The Hall–Kier alpha value is -1.40. The Bertz CT molecular complexity index is 358. The molecule has 1 aromatic rings. The van der Waals surface area contributed by atoms with E-state index in [2.05, 4.69) is 15.6 Å². The number of nitrogens with one attached hydrogen (secondary N) is 2. The van der Waals surface area contributed by atoms with Gasteiger partial charge in [0.1, 0.15) is 0 Å². The molecule has 3 N–H and O–H groups in total. The zero-order chi connectivity index (χ0) is 12.1. The van der Waals surface area contributed by atoms with Crippen LogP contribution in [-0.4, -0.2) is 45.8 Å². The maximum atomic E-state index is 11.6. The van der Waals surface area contributed by atoms with Gasteiger partial charge in [0.15, 0.2) is 0 Å². The van der Waals surface area contributed by atoms with Crippen molar-refractivity contribution in [2.75, 3.05) is 19.6 Å². The van der Waals surface area contributed by atoms with Gasteiger partial charge in [-0.15, -0.1) is 0 Å². The molecule has 17 heavy (non-hydrogen) atoms. The number of nitrogens with zero attached hydrogens (tertiary/aromatic N) is 2. The lowest BCUT2D eigenvalue weighted by atomic mass is 10.0. The molecule has 0 bridgehead atoms. The van der Waals surface area contributed by atoms with Crippen molar-refractivity contribution in [3.63, 3.8) is 0 Å². The van der Waals surface area contributed by atoms with Crippen LogP contribution in [0.5, 0.6) is 0 Å². The molecule has 1 aliphatic heterocycles. The third-order valence-electron chi connectivity index (χ3n) is 2.99. The number of imidazole rings is 1. The van der Waals surface area contributed by atoms with Gasteiger partial charge in [0.25, 0.3) is 0 Å². The second-order valence-electron chi connectivity index (χ2n) is 4.48. The van der Waals surface area contributed by atoms with E-state index < -0.39 is 5.60 Å². The molecule has 0 spiro atoms. The van der Waals surface area contributed by atoms with E-state index in [-0.39, 0.29) is 5.91 Å². The molecule has 2 rings (SSSR count). The highest BCUT2D eigenvalue weighted by molar-refractivity contribution is 5.75. The highest BCUT2D eigenvalue weighted by Gasteiger charge is 2.30. The molecule has 6 nitrogen and oxygen atoms in total. The third kappa shape index (κ3) is 3.54. The predicted octanol–water partition coefficient (Wildman–Crippen LogP) is -0.886. The van der Waals surface area contributed by atoms with Crippen LogP contribution in [0.4, 0.5) is 0 Å². The number of β-amino-alcohol motifs (C(OH)–C–C–N with tert-alkyl or cyclic N) is 1. The maximum absolute atomic E-state index is 11.6. The van der Waals surface area contributed by atoms with E-state index in [1.54, 1.807) is 12.5 Å². The smallest absolute Gasteiger partial charge is 0.221 e. The molecule has 1 saturated heterocycles. The first-order chi connectivity index (χ1) is 8.18. The van der Waals surface area contributed by atoms with Gasteiger partial charge < -0.3 is 20.3 Å². The van der Waals surface area contributed by atoms with E-state index in [9.17, 15) is 9.90 Å². The summed E-state index contributed by atoms with van der Waals surface area (Å²) in [6.07, 6.45) is 6.28. The Balaban J connectivity index is 1.67. The van der Waals surface area contributed by atoms with Gasteiger partial charge in [0.2, 0.25) is 5.91 Å². The number of rotatable bonds is 5. The Morgan fingerprint density at radius 3 is 3.18 bits per heavy atom. The van der Waals surface area contributed by atoms with E-state index >= 15 is 0 Å². The van der Waals surface area contributed by atoms with E-state index in [0.29, 0.717) is 32.5 Å². The molecular weight excluding hydrogens is 220 g/mol. The van der Waals surface area contributed by atoms with Crippen LogP contribution in [0.3, 0.4) is 0 Å². The van der Waals surface area contributed by atoms with Gasteiger partial charge in [-0.05, 0) is 13.0 Å². The highest BCUT2D eigenvalue weighted by Crippen LogP contribution is 2.12. The second kappa shape index (κ2) is 5.29. The van der Waals surface area contributed by atoms with Crippen molar-refractivity contribution < 1.29 is 9.90 Å². The first-order valence-electron chi connectivity index (χ1n) is 5.83. The minimum Gasteiger partial charge on any atom is -0.387 e. The summed E-state index contributed by atoms with van der Waals surface area (Å²) in [5.74, 6) is -0.0426. The molecule has 1 atom stereocenters. The molecule has 0 aliphatic carbocycles. The molecule has 1 unspecified atom stereocenters. The molecular formula is C11H18N4O2. The zero-order valence-electron chi connectivity index (χ0n) is 9.72. The van der Waals surface area contributed by atoms with Crippen LogP contribution in [0, 0.1) is 0 Å². The Morgan fingerprint density at radius 1 is 1.65 bits per heavy atom. The molecule has 1 aromatic heterocycles. The second-order valence-corrected chi connectivity index (χ2v) is 4.48. The van der Waals surface area contributed by atoms with Crippen molar-refractivity contribution in [2.45, 2.75) is 25.0 Å². The van der Waals surface area contributed by atoms with E-state index in [1.807, 2.05) is 10.8 Å². The fourth-order valence-corrected chi connectivity index (χ4v) is 1.88. The van der Waals surface area contributed by atoms with Gasteiger partial charge in [-0.25, -0.2) is 4.98 Å². The molecule has 6 heteroatoms. The summed E-state index contributed by atoms with van der Waals surface area (Å²) in [5, 5.41) is 15.8. The van der Waals surface area contributed by atoms with Gasteiger partial charge >= 0.3 is 0 Å². The van der Waals surface area contributed by atoms with Gasteiger partial charge in [0, 0.05) is 38.4 Å². The SMILES string of the molecule is O=C(CCn1ccnc1)NCC1(O)CCNC1. The number of aryl methyl sites for hydroxylation is 1. The maximum Gasteiger partial charge on any atom is 0.221 e. The molecule has 0 saturated carbocycles. The lowest BCUT2D eigenvalue weighted by Gasteiger charge is -2.21. The van der Waals surface area contributed by atoms with Crippen LogP contribution in [0.15, 0.2) is 18.7 Å². The van der Waals surface area contributed by atoms with Crippen LogP contribution in [0.25, 0.3) is 0 Å². The van der Waals surface area contributed by atoms with E-state index in [1.165, 1.54) is 0 Å². The van der Waals surface area contributed by atoms with Crippen LogP contribution in [0.2, 0.25) is 0 Å². The van der Waals surface area contributed by atoms with Crippen LogP contribution in [-0.2, 0) is 11.3 Å². The van der Waals surface area contributed by atoms with Gasteiger partial charge in [-0.1, -0.05) is 0 Å². The molecule has 94 valence electrons. The van der Waals surface area contributed by atoms with Crippen molar-refractivity contribution in [1.82, 2.24) is 20.2 Å². The monoisotopic (exact) mass is 238 g/mol. The minimum atomic E-state index is -0.773. The van der Waals surface area contributed by atoms with Gasteiger partial charge in [-0.2, -0.15) is 0 Å². The average molecular weight is 238 g/mol. The summed E-state index contributed by atoms with van der Waals surface area (Å²) in [7, 11) is 0. The van der Waals surface area contributed by atoms with E-state index in [0.717, 1.165) is 6.54 Å². The number of hydrogen-bond donors (Lipinski definition) is 3. The lowest BCUT2D eigenvalue weighted by Crippen LogP contribution is -2.44. The fourth-order valence-electron chi connectivity index (χ4n) is 1.88. The minimum absolute atomic E-state index is 0.0426. The standard InChI is InChI=1S/C11H18N4O2/c16-10(1-5-15-6-4-13-9-15)14-8-11(17)2-3-12-7-11/h4,6,9,12,17H,1-3,5,7-8H2,(H,14,16). The van der Waals surface area contributed by atoms with Crippen molar-refractivity contribution in [2.24, 2.45) is 0 Å². The first-order valence-corrected chi connectivity index (χ1v) is 5.83. The Kier molecular flexibility index (Phi) is 3.75. The molecule has 1 amide bonds. The number of carbonyl (C=O) groups is 1. The topological polar surface area (TPSA) is 79.2 Å². The fraction of sp³-hybridized carbons (Fsp3) is 0.636. The summed E-state index contributed by atoms with van der Waals surface area (Å²) >= 11 is 0. The quantitative estimate of drug-likeness (QED) is 0.622. The Labute approximate surface area is 100 Å². The number of hydrogen-bond acceptors (Lipinski definition) is 4. The van der Waals surface area contributed by atoms with Gasteiger partial charge in [0.05, 0.1) is 11.9 Å². The largest absolute Gasteiger partial charge is 0.387 e. The highest BCUT2D eigenvalue weighted by atomic mass is 16.3. The average Bonchev–Trinajstić information content (AvgIpc) is 2.95. The number of aliphatic hydroxyl groups is 1. The summed E-state index contributed by atoms with van der Waals surface area (Å²) in [6, 6.07) is 0. The molecule has 1 fully saturated rings. The number of carbonyl (C=O) groups excluding carboxylic acids is 1. The lowest BCUT2D eigenvalue weighted by molar-refractivity contribution is -0.122.